The fourth-order valence-electron chi connectivity index (χ4n) is 2.66. The maximum Gasteiger partial charge on any atom is 0.251 e. The predicted molar refractivity (Wildman–Crippen MR) is 96.3 cm³/mol. The normalized spacial score (nSPS) is 12.7. The minimum atomic E-state index is -0.0913. The highest BCUT2D eigenvalue weighted by Gasteiger charge is 2.17. The minimum Gasteiger partial charge on any atom is -0.350 e. The zero-order valence-electron chi connectivity index (χ0n) is 14.1. The number of aromatic nitrogens is 3. The molecule has 0 spiro atoms. The third-order valence-electron chi connectivity index (χ3n) is 4.03. The lowest BCUT2D eigenvalue weighted by Gasteiger charge is -2.23. The molecule has 3 rings (SSSR count). The van der Waals surface area contributed by atoms with Gasteiger partial charge in [-0.2, -0.15) is 0 Å². The number of fused-ring (bicyclic) bond motifs is 1. The molecule has 0 aliphatic rings. The number of aryl methyl sites for hydroxylation is 1. The van der Waals surface area contributed by atoms with Gasteiger partial charge in [0.15, 0.2) is 0 Å². The summed E-state index contributed by atoms with van der Waals surface area (Å²) in [5.41, 5.74) is 2.29. The summed E-state index contributed by atoms with van der Waals surface area (Å²) in [7, 11) is 4.04. The van der Waals surface area contributed by atoms with E-state index in [4.69, 9.17) is 0 Å². The second-order valence-electron chi connectivity index (χ2n) is 5.81. The molecule has 0 aliphatic heterocycles. The third-order valence-corrected chi connectivity index (χ3v) is 5.00. The van der Waals surface area contributed by atoms with Gasteiger partial charge >= 0.3 is 0 Å². The number of thiophene rings is 1. The van der Waals surface area contributed by atoms with E-state index in [1.54, 1.807) is 17.4 Å². The molecule has 6 nitrogen and oxygen atoms in total. The van der Waals surface area contributed by atoms with Gasteiger partial charge in [-0.1, -0.05) is 11.3 Å². The summed E-state index contributed by atoms with van der Waals surface area (Å²) in [5.74, 6) is -0.0913. The lowest BCUT2D eigenvalue weighted by Crippen LogP contribution is -2.34. The maximum absolute atomic E-state index is 12.5. The van der Waals surface area contributed by atoms with Crippen LogP contribution >= 0.6 is 11.3 Å². The Kier molecular flexibility index (Phi) is 4.92. The van der Waals surface area contributed by atoms with Crippen LogP contribution in [0.2, 0.25) is 0 Å². The van der Waals surface area contributed by atoms with Crippen molar-refractivity contribution in [2.24, 2.45) is 0 Å². The first kappa shape index (κ1) is 16.6. The molecule has 2 heterocycles. The Morgan fingerprint density at radius 1 is 1.38 bits per heavy atom. The molecule has 3 aromatic rings. The molecule has 1 atom stereocenters. The molecule has 7 heteroatoms. The molecule has 0 fully saturated rings. The van der Waals surface area contributed by atoms with Gasteiger partial charge in [0.2, 0.25) is 0 Å². The number of carbonyl (C=O) groups is 1. The van der Waals surface area contributed by atoms with Crippen molar-refractivity contribution in [1.29, 1.82) is 0 Å². The molecule has 0 saturated heterocycles. The average Bonchev–Trinajstić information content (AvgIpc) is 3.23. The molecule has 0 saturated carbocycles. The zero-order chi connectivity index (χ0) is 17.1. The van der Waals surface area contributed by atoms with Crippen molar-refractivity contribution in [2.45, 2.75) is 19.5 Å². The summed E-state index contributed by atoms with van der Waals surface area (Å²) in [4.78, 5) is 15.8. The van der Waals surface area contributed by atoms with Gasteiger partial charge in [-0.15, -0.1) is 16.4 Å². The lowest BCUT2D eigenvalue weighted by molar-refractivity contribution is 0.0942. The van der Waals surface area contributed by atoms with Gasteiger partial charge in [0, 0.05) is 23.5 Å². The first-order valence-corrected chi connectivity index (χ1v) is 8.79. The molecule has 126 valence electrons. The van der Waals surface area contributed by atoms with Crippen LogP contribution in [0.5, 0.6) is 0 Å². The number of hydrogen-bond donors (Lipinski definition) is 1. The van der Waals surface area contributed by atoms with Crippen LogP contribution in [0.15, 0.2) is 35.7 Å². The topological polar surface area (TPSA) is 63.1 Å². The first-order valence-electron chi connectivity index (χ1n) is 7.91. The third kappa shape index (κ3) is 3.32. The van der Waals surface area contributed by atoms with Crippen LogP contribution in [-0.2, 0) is 6.54 Å². The highest BCUT2D eigenvalue weighted by molar-refractivity contribution is 7.10. The minimum absolute atomic E-state index is 0.0913. The van der Waals surface area contributed by atoms with E-state index in [1.165, 1.54) is 4.88 Å². The maximum atomic E-state index is 12.5. The number of nitrogens with one attached hydrogen (secondary N) is 1. The van der Waals surface area contributed by atoms with Crippen molar-refractivity contribution >= 4 is 28.3 Å². The number of carbonyl (C=O) groups excluding carboxylic acids is 1. The van der Waals surface area contributed by atoms with Crippen LogP contribution in [0.1, 0.15) is 28.2 Å². The molecule has 0 unspecified atom stereocenters. The number of hydrogen-bond acceptors (Lipinski definition) is 5. The number of amides is 1. The van der Waals surface area contributed by atoms with E-state index >= 15 is 0 Å². The van der Waals surface area contributed by atoms with Gasteiger partial charge in [-0.05, 0) is 50.7 Å². The second-order valence-corrected chi connectivity index (χ2v) is 6.79. The Hall–Kier alpha value is -2.25. The molecule has 2 aromatic heterocycles. The molecule has 1 amide bonds. The quantitative estimate of drug-likeness (QED) is 0.747. The van der Waals surface area contributed by atoms with Crippen molar-refractivity contribution in [3.05, 3.63) is 46.2 Å². The van der Waals surface area contributed by atoms with Gasteiger partial charge in [-0.3, -0.25) is 4.79 Å². The summed E-state index contributed by atoms with van der Waals surface area (Å²) in [6.45, 7) is 3.33. The fraction of sp³-hybridized carbons (Fsp3) is 0.353. The van der Waals surface area contributed by atoms with Gasteiger partial charge in [0.25, 0.3) is 5.91 Å². The number of likely N-dealkylation sites (N-methyl/N-ethyl adjacent to an activating group) is 1. The van der Waals surface area contributed by atoms with Crippen LogP contribution in [-0.4, -0.2) is 46.4 Å². The van der Waals surface area contributed by atoms with Crippen molar-refractivity contribution in [3.63, 3.8) is 0 Å². The Morgan fingerprint density at radius 3 is 2.88 bits per heavy atom. The van der Waals surface area contributed by atoms with Crippen LogP contribution in [0.4, 0.5) is 0 Å². The Morgan fingerprint density at radius 2 is 2.21 bits per heavy atom. The van der Waals surface area contributed by atoms with E-state index in [-0.39, 0.29) is 11.9 Å². The molecular weight excluding hydrogens is 322 g/mol. The Bertz CT molecular complexity index is 825. The summed E-state index contributed by atoms with van der Waals surface area (Å²) < 4.78 is 1.82. The van der Waals surface area contributed by atoms with E-state index in [2.05, 4.69) is 32.0 Å². The molecule has 0 radical (unpaired) electrons. The fourth-order valence-corrected chi connectivity index (χ4v) is 3.58. The van der Waals surface area contributed by atoms with Crippen LogP contribution in [0.3, 0.4) is 0 Å². The van der Waals surface area contributed by atoms with E-state index < -0.39 is 0 Å². The SMILES string of the molecule is CCn1nnc2cc(C(=O)NC[C@H](c3cccs3)N(C)C)ccc21. The zero-order valence-corrected chi connectivity index (χ0v) is 14.9. The van der Waals surface area contributed by atoms with Crippen LogP contribution < -0.4 is 5.32 Å². The van der Waals surface area contributed by atoms with Gasteiger partial charge in [-0.25, -0.2) is 4.68 Å². The standard InChI is InChI=1S/C17H21N5OS/c1-4-22-14-8-7-12(10-13(14)19-20-22)17(23)18-11-15(21(2)3)16-6-5-9-24-16/h5-10,15H,4,11H2,1-3H3,(H,18,23)/t15-/m1/s1. The second kappa shape index (κ2) is 7.11. The highest BCUT2D eigenvalue weighted by Crippen LogP contribution is 2.22. The summed E-state index contributed by atoms with van der Waals surface area (Å²) in [6, 6.07) is 9.80. The molecular formula is C17H21N5OS. The number of rotatable bonds is 6. The molecule has 24 heavy (non-hydrogen) atoms. The molecule has 0 bridgehead atoms. The number of benzene rings is 1. The summed E-state index contributed by atoms with van der Waals surface area (Å²) in [6.07, 6.45) is 0. The van der Waals surface area contributed by atoms with Gasteiger partial charge in [0.05, 0.1) is 11.6 Å². The molecule has 1 aromatic carbocycles. The van der Waals surface area contributed by atoms with Gasteiger partial charge < -0.3 is 10.2 Å². The largest absolute Gasteiger partial charge is 0.350 e. The molecule has 1 N–H and O–H groups in total. The van der Waals surface area contributed by atoms with Gasteiger partial charge in [0.1, 0.15) is 5.52 Å². The van der Waals surface area contributed by atoms with Crippen molar-refractivity contribution < 1.29 is 4.79 Å². The number of nitrogens with zero attached hydrogens (tertiary/aromatic N) is 4. The van der Waals surface area contributed by atoms with E-state index in [0.717, 1.165) is 17.6 Å². The lowest BCUT2D eigenvalue weighted by atomic mass is 10.1. The summed E-state index contributed by atoms with van der Waals surface area (Å²) >= 11 is 1.70. The first-order chi connectivity index (χ1) is 11.6. The molecule has 0 aliphatic carbocycles. The van der Waals surface area contributed by atoms with E-state index in [1.807, 2.05) is 43.9 Å². The van der Waals surface area contributed by atoms with Crippen molar-refractivity contribution in [3.8, 4) is 0 Å². The van der Waals surface area contributed by atoms with Crippen LogP contribution in [0, 0.1) is 0 Å². The van der Waals surface area contributed by atoms with Crippen molar-refractivity contribution in [1.82, 2.24) is 25.2 Å². The summed E-state index contributed by atoms with van der Waals surface area (Å²) in [5, 5.41) is 13.3. The van der Waals surface area contributed by atoms with Crippen molar-refractivity contribution in [2.75, 3.05) is 20.6 Å². The average molecular weight is 343 g/mol. The Balaban J connectivity index is 1.72. The highest BCUT2D eigenvalue weighted by atomic mass is 32.1. The predicted octanol–water partition coefficient (Wildman–Crippen LogP) is 2.55. The Labute approximate surface area is 145 Å². The van der Waals surface area contributed by atoms with E-state index in [0.29, 0.717) is 12.1 Å². The smallest absolute Gasteiger partial charge is 0.251 e. The monoisotopic (exact) mass is 343 g/mol. The van der Waals surface area contributed by atoms with E-state index in [9.17, 15) is 4.79 Å². The van der Waals surface area contributed by atoms with Crippen LogP contribution in [0.25, 0.3) is 11.0 Å².